The molecule has 0 amide bonds. The molecule has 0 N–H and O–H groups in total. The Bertz CT molecular complexity index is 425. The molecule has 0 aliphatic rings. The molecule has 0 unspecified atom stereocenters. The lowest BCUT2D eigenvalue weighted by Crippen LogP contribution is -1.79. The van der Waals surface area contributed by atoms with Crippen LogP contribution >= 0.6 is 0 Å². The molecule has 0 aliphatic carbocycles. The van der Waals surface area contributed by atoms with Crippen molar-refractivity contribution in [2.24, 2.45) is 0 Å². The second-order valence-corrected chi connectivity index (χ2v) is 2.12. The van der Waals surface area contributed by atoms with Crippen molar-refractivity contribution in [3.8, 4) is 6.07 Å². The quantitative estimate of drug-likeness (QED) is 0.565. The molecule has 0 aromatic carbocycles. The van der Waals surface area contributed by atoms with Crippen LogP contribution in [0.1, 0.15) is 5.69 Å². The van der Waals surface area contributed by atoms with Gasteiger partial charge in [0.1, 0.15) is 11.8 Å². The van der Waals surface area contributed by atoms with Crippen LogP contribution in [0.4, 0.5) is 0 Å². The van der Waals surface area contributed by atoms with Crippen LogP contribution in [-0.2, 0) is 0 Å². The summed E-state index contributed by atoms with van der Waals surface area (Å²) >= 11 is 0. The van der Waals surface area contributed by atoms with Gasteiger partial charge in [0.05, 0.1) is 6.26 Å². The van der Waals surface area contributed by atoms with Gasteiger partial charge in [-0.1, -0.05) is 0 Å². The normalized spacial score (nSPS) is 9.73. The Morgan fingerprint density at radius 1 is 1.36 bits per heavy atom. The third-order valence-corrected chi connectivity index (χ3v) is 1.43. The molecule has 0 spiro atoms. The average molecular weight is 144 g/mol. The Morgan fingerprint density at radius 3 is 3.09 bits per heavy atom. The highest BCUT2D eigenvalue weighted by Gasteiger charge is 1.97. The van der Waals surface area contributed by atoms with Crippen molar-refractivity contribution in [2.75, 3.05) is 0 Å². The molecule has 0 atom stereocenters. The van der Waals surface area contributed by atoms with Crippen LogP contribution in [0, 0.1) is 11.3 Å². The Morgan fingerprint density at radius 2 is 2.27 bits per heavy atom. The predicted molar refractivity (Wildman–Crippen MR) is 38.7 cm³/mol. The van der Waals surface area contributed by atoms with E-state index in [4.69, 9.17) is 9.68 Å². The number of pyridine rings is 1. The third-order valence-electron chi connectivity index (χ3n) is 1.43. The molecule has 3 nitrogen and oxygen atoms in total. The zero-order valence-corrected chi connectivity index (χ0v) is 5.61. The first-order valence-corrected chi connectivity index (χ1v) is 3.14. The number of hydrogen-bond donors (Lipinski definition) is 0. The lowest BCUT2D eigenvalue weighted by atomic mass is 10.3. The van der Waals surface area contributed by atoms with Gasteiger partial charge < -0.3 is 4.42 Å². The van der Waals surface area contributed by atoms with Gasteiger partial charge in [-0.15, -0.1) is 0 Å². The summed E-state index contributed by atoms with van der Waals surface area (Å²) in [6.07, 6.45) is 1.55. The van der Waals surface area contributed by atoms with Crippen molar-refractivity contribution in [3.63, 3.8) is 0 Å². The number of rotatable bonds is 0. The van der Waals surface area contributed by atoms with Gasteiger partial charge in [-0.05, 0) is 18.2 Å². The fraction of sp³-hybridized carbons (Fsp3) is 0. The lowest BCUT2D eigenvalue weighted by Gasteiger charge is -1.86. The zero-order valence-electron chi connectivity index (χ0n) is 5.61. The summed E-state index contributed by atoms with van der Waals surface area (Å²) < 4.78 is 5.00. The summed E-state index contributed by atoms with van der Waals surface area (Å²) in [4.78, 5) is 3.93. The molecule has 0 radical (unpaired) electrons. The van der Waals surface area contributed by atoms with E-state index in [0.29, 0.717) is 11.4 Å². The average Bonchev–Trinajstić information content (AvgIpc) is 2.50. The van der Waals surface area contributed by atoms with E-state index in [-0.39, 0.29) is 0 Å². The SMILES string of the molecule is N#Cc1ccc2ccoc2n1. The fourth-order valence-electron chi connectivity index (χ4n) is 0.906. The van der Waals surface area contributed by atoms with E-state index >= 15 is 0 Å². The summed E-state index contributed by atoms with van der Waals surface area (Å²) in [5, 5.41) is 9.40. The summed E-state index contributed by atoms with van der Waals surface area (Å²) in [5.41, 5.74) is 0.900. The van der Waals surface area contributed by atoms with E-state index in [9.17, 15) is 0 Å². The van der Waals surface area contributed by atoms with Gasteiger partial charge in [0.15, 0.2) is 0 Å². The van der Waals surface area contributed by atoms with Crippen molar-refractivity contribution in [3.05, 3.63) is 30.2 Å². The summed E-state index contributed by atoms with van der Waals surface area (Å²) in [6, 6.07) is 7.22. The maximum Gasteiger partial charge on any atom is 0.227 e. The molecular formula is C8H4N2O. The number of nitrogens with zero attached hydrogens (tertiary/aromatic N) is 2. The van der Waals surface area contributed by atoms with Gasteiger partial charge in [0.2, 0.25) is 5.71 Å². The topological polar surface area (TPSA) is 49.8 Å². The molecular weight excluding hydrogens is 140 g/mol. The molecule has 52 valence electrons. The minimum atomic E-state index is 0.382. The maximum absolute atomic E-state index is 8.48. The van der Waals surface area contributed by atoms with E-state index in [0.717, 1.165) is 5.39 Å². The fourth-order valence-corrected chi connectivity index (χ4v) is 0.906. The van der Waals surface area contributed by atoms with Crippen LogP contribution < -0.4 is 0 Å². The first kappa shape index (κ1) is 5.93. The van der Waals surface area contributed by atoms with E-state index < -0.39 is 0 Å². The molecule has 11 heavy (non-hydrogen) atoms. The minimum Gasteiger partial charge on any atom is -0.446 e. The van der Waals surface area contributed by atoms with Crippen molar-refractivity contribution in [2.45, 2.75) is 0 Å². The molecule has 0 saturated heterocycles. The van der Waals surface area contributed by atoms with Gasteiger partial charge in [-0.25, -0.2) is 4.98 Å². The molecule has 2 heterocycles. The van der Waals surface area contributed by atoms with E-state index in [1.807, 2.05) is 18.2 Å². The van der Waals surface area contributed by atoms with Gasteiger partial charge in [-0.3, -0.25) is 0 Å². The van der Waals surface area contributed by atoms with Crippen molar-refractivity contribution in [1.82, 2.24) is 4.98 Å². The summed E-state index contributed by atoms with van der Waals surface area (Å²) in [6.45, 7) is 0. The minimum absolute atomic E-state index is 0.382. The lowest BCUT2D eigenvalue weighted by molar-refractivity contribution is 0.603. The number of aromatic nitrogens is 1. The van der Waals surface area contributed by atoms with Crippen LogP contribution in [0.3, 0.4) is 0 Å². The van der Waals surface area contributed by atoms with Crippen LogP contribution in [0.5, 0.6) is 0 Å². The van der Waals surface area contributed by atoms with Crippen molar-refractivity contribution >= 4 is 11.1 Å². The van der Waals surface area contributed by atoms with Gasteiger partial charge in [-0.2, -0.15) is 5.26 Å². The number of nitriles is 1. The molecule has 2 rings (SSSR count). The van der Waals surface area contributed by atoms with E-state index in [2.05, 4.69) is 4.98 Å². The first-order chi connectivity index (χ1) is 5.40. The van der Waals surface area contributed by atoms with Crippen LogP contribution in [0.25, 0.3) is 11.1 Å². The molecule has 3 heteroatoms. The Kier molecular flexibility index (Phi) is 1.13. The van der Waals surface area contributed by atoms with Crippen LogP contribution in [-0.4, -0.2) is 4.98 Å². The van der Waals surface area contributed by atoms with E-state index in [1.165, 1.54) is 0 Å². The highest BCUT2D eigenvalue weighted by Crippen LogP contribution is 2.12. The maximum atomic E-state index is 8.48. The smallest absolute Gasteiger partial charge is 0.227 e. The van der Waals surface area contributed by atoms with Crippen LogP contribution in [0.2, 0.25) is 0 Å². The number of fused-ring (bicyclic) bond motifs is 1. The molecule has 0 bridgehead atoms. The van der Waals surface area contributed by atoms with Crippen molar-refractivity contribution < 1.29 is 4.42 Å². The second-order valence-electron chi connectivity index (χ2n) is 2.12. The van der Waals surface area contributed by atoms with Gasteiger partial charge in [0, 0.05) is 5.39 Å². The Hall–Kier alpha value is -1.82. The molecule has 2 aromatic heterocycles. The first-order valence-electron chi connectivity index (χ1n) is 3.14. The molecule has 0 aliphatic heterocycles. The summed E-state index contributed by atoms with van der Waals surface area (Å²) in [7, 11) is 0. The highest BCUT2D eigenvalue weighted by molar-refractivity contribution is 5.73. The number of hydrogen-bond acceptors (Lipinski definition) is 3. The predicted octanol–water partition coefficient (Wildman–Crippen LogP) is 1.70. The number of furan rings is 1. The molecule has 0 fully saturated rings. The summed E-state index contributed by atoms with van der Waals surface area (Å²) in [5.74, 6) is 0. The third kappa shape index (κ3) is 0.849. The largest absolute Gasteiger partial charge is 0.446 e. The molecule has 0 saturated carbocycles. The van der Waals surface area contributed by atoms with Crippen molar-refractivity contribution in [1.29, 1.82) is 5.26 Å². The van der Waals surface area contributed by atoms with Gasteiger partial charge >= 0.3 is 0 Å². The van der Waals surface area contributed by atoms with E-state index in [1.54, 1.807) is 12.3 Å². The molecule has 2 aromatic rings. The highest BCUT2D eigenvalue weighted by atomic mass is 16.3. The van der Waals surface area contributed by atoms with Gasteiger partial charge in [0.25, 0.3) is 0 Å². The Balaban J connectivity index is 2.79. The zero-order chi connectivity index (χ0) is 7.68. The van der Waals surface area contributed by atoms with Crippen LogP contribution in [0.15, 0.2) is 28.9 Å². The standard InChI is InChI=1S/C8H4N2O/c9-5-7-2-1-6-3-4-11-8(6)10-7/h1-4H. The Labute approximate surface area is 62.9 Å². The monoisotopic (exact) mass is 144 g/mol. The second kappa shape index (κ2) is 2.10.